The van der Waals surface area contributed by atoms with Crippen LogP contribution in [-0.2, 0) is 0 Å². The minimum atomic E-state index is 0.653. The largest absolute Gasteiger partial charge is 0.158 e. The molecule has 2 nitrogen and oxygen atoms in total. The topological polar surface area (TPSA) is 25.8 Å². The molecule has 0 N–H and O–H groups in total. The zero-order valence-electron chi connectivity index (χ0n) is 3.81. The van der Waals surface area contributed by atoms with E-state index < -0.39 is 0 Å². The Morgan fingerprint density at radius 1 is 1.62 bits per heavy atom. The molecule has 0 atom stereocenters. The number of halogens is 2. The molecule has 0 saturated carbocycles. The molecule has 1 aromatic heterocycles. The van der Waals surface area contributed by atoms with Gasteiger partial charge in [-0.2, -0.15) is 5.10 Å². The van der Waals surface area contributed by atoms with Crippen molar-refractivity contribution in [2.45, 2.75) is 0 Å². The number of aromatic nitrogens is 2. The van der Waals surface area contributed by atoms with Crippen LogP contribution in [0.15, 0.2) is 12.3 Å². The van der Waals surface area contributed by atoms with Crippen molar-refractivity contribution in [2.24, 2.45) is 0 Å². The highest BCUT2D eigenvalue weighted by Gasteiger charge is 1.91. The van der Waals surface area contributed by atoms with E-state index >= 15 is 0 Å². The summed E-state index contributed by atoms with van der Waals surface area (Å²) in [7, 11) is 0. The Morgan fingerprint density at radius 2 is 2.38 bits per heavy atom. The zero-order chi connectivity index (χ0) is 5.98. The SMILES string of the molecule is Clc1ccnnc1I. The van der Waals surface area contributed by atoms with Crippen molar-refractivity contribution in [3.05, 3.63) is 21.0 Å². The van der Waals surface area contributed by atoms with E-state index in [0.717, 1.165) is 3.70 Å². The van der Waals surface area contributed by atoms with Crippen molar-refractivity contribution < 1.29 is 0 Å². The summed E-state index contributed by atoms with van der Waals surface area (Å²) >= 11 is 7.62. The van der Waals surface area contributed by atoms with E-state index in [2.05, 4.69) is 10.2 Å². The highest BCUT2D eigenvalue weighted by Crippen LogP contribution is 2.11. The van der Waals surface area contributed by atoms with Crippen molar-refractivity contribution in [1.29, 1.82) is 0 Å². The van der Waals surface area contributed by atoms with Gasteiger partial charge in [0.05, 0.1) is 11.2 Å². The molecule has 8 heavy (non-hydrogen) atoms. The molecule has 42 valence electrons. The van der Waals surface area contributed by atoms with E-state index in [9.17, 15) is 0 Å². The molecule has 0 amide bonds. The molecule has 0 aliphatic heterocycles. The molecule has 0 radical (unpaired) electrons. The molecule has 0 aliphatic carbocycles. The van der Waals surface area contributed by atoms with Crippen molar-refractivity contribution in [3.8, 4) is 0 Å². The summed E-state index contributed by atoms with van der Waals surface area (Å²) < 4.78 is 0.742. The zero-order valence-corrected chi connectivity index (χ0v) is 6.72. The first kappa shape index (κ1) is 6.22. The summed E-state index contributed by atoms with van der Waals surface area (Å²) in [6.45, 7) is 0. The van der Waals surface area contributed by atoms with Crippen molar-refractivity contribution in [2.75, 3.05) is 0 Å². The Kier molecular flexibility index (Phi) is 2.01. The van der Waals surface area contributed by atoms with Gasteiger partial charge in [-0.1, -0.05) is 11.6 Å². The maximum absolute atomic E-state index is 5.60. The van der Waals surface area contributed by atoms with Crippen LogP contribution in [-0.4, -0.2) is 10.2 Å². The van der Waals surface area contributed by atoms with Gasteiger partial charge in [-0.15, -0.1) is 5.10 Å². The average molecular weight is 240 g/mol. The van der Waals surface area contributed by atoms with Gasteiger partial charge in [-0.3, -0.25) is 0 Å². The summed E-state index contributed by atoms with van der Waals surface area (Å²) in [5, 5.41) is 7.94. The normalized spacial score (nSPS) is 9.25. The summed E-state index contributed by atoms with van der Waals surface area (Å²) in [5.74, 6) is 0. The van der Waals surface area contributed by atoms with Crippen LogP contribution < -0.4 is 0 Å². The Balaban J connectivity index is 3.13. The lowest BCUT2D eigenvalue weighted by Gasteiger charge is -1.86. The Hall–Kier alpha value is 0.100. The predicted molar refractivity (Wildman–Crippen MR) is 39.8 cm³/mol. The predicted octanol–water partition coefficient (Wildman–Crippen LogP) is 1.73. The average Bonchev–Trinajstić information content (AvgIpc) is 1.77. The van der Waals surface area contributed by atoms with Gasteiger partial charge in [0.25, 0.3) is 0 Å². The van der Waals surface area contributed by atoms with Crippen LogP contribution in [0.1, 0.15) is 0 Å². The minimum absolute atomic E-state index is 0.653. The molecule has 0 saturated heterocycles. The molecule has 1 aromatic rings. The second kappa shape index (κ2) is 2.59. The summed E-state index contributed by atoms with van der Waals surface area (Å²) in [4.78, 5) is 0. The van der Waals surface area contributed by atoms with E-state index in [4.69, 9.17) is 11.6 Å². The third-order valence-electron chi connectivity index (χ3n) is 0.630. The van der Waals surface area contributed by atoms with Gasteiger partial charge < -0.3 is 0 Å². The fourth-order valence-electron chi connectivity index (χ4n) is 0.299. The summed E-state index contributed by atoms with van der Waals surface area (Å²) in [5.41, 5.74) is 0. The molecular weight excluding hydrogens is 238 g/mol. The van der Waals surface area contributed by atoms with E-state index in [1.54, 1.807) is 12.3 Å². The highest BCUT2D eigenvalue weighted by atomic mass is 127. The number of rotatable bonds is 0. The minimum Gasteiger partial charge on any atom is -0.158 e. The third kappa shape index (κ3) is 1.29. The molecule has 0 unspecified atom stereocenters. The van der Waals surface area contributed by atoms with E-state index in [-0.39, 0.29) is 0 Å². The summed E-state index contributed by atoms with van der Waals surface area (Å²) in [6, 6.07) is 1.70. The van der Waals surface area contributed by atoms with Crippen LogP contribution in [0.4, 0.5) is 0 Å². The van der Waals surface area contributed by atoms with Crippen molar-refractivity contribution in [3.63, 3.8) is 0 Å². The molecule has 0 bridgehead atoms. The van der Waals surface area contributed by atoms with Gasteiger partial charge in [0.15, 0.2) is 0 Å². The molecule has 1 heterocycles. The fourth-order valence-corrected chi connectivity index (χ4v) is 0.698. The molecule has 0 aliphatic rings. The van der Waals surface area contributed by atoms with Crippen molar-refractivity contribution >= 4 is 34.2 Å². The lowest BCUT2D eigenvalue weighted by atomic mass is 10.6. The lowest BCUT2D eigenvalue weighted by Crippen LogP contribution is -1.82. The van der Waals surface area contributed by atoms with Crippen LogP contribution in [0.25, 0.3) is 0 Å². The molecule has 0 aromatic carbocycles. The molecule has 1 rings (SSSR count). The van der Waals surface area contributed by atoms with Crippen LogP contribution in [0.3, 0.4) is 0 Å². The van der Waals surface area contributed by atoms with Gasteiger partial charge in [0, 0.05) is 0 Å². The quantitative estimate of drug-likeness (QED) is 0.646. The van der Waals surface area contributed by atoms with Crippen molar-refractivity contribution in [1.82, 2.24) is 10.2 Å². The Bertz CT molecular complexity index is 170. The first-order chi connectivity index (χ1) is 3.80. The second-order valence-corrected chi connectivity index (χ2v) is 2.60. The fraction of sp³-hybridized carbons (Fsp3) is 0. The van der Waals surface area contributed by atoms with Gasteiger partial charge in [0.1, 0.15) is 3.70 Å². The van der Waals surface area contributed by atoms with E-state index in [1.165, 1.54) is 0 Å². The van der Waals surface area contributed by atoms with Gasteiger partial charge in [-0.25, -0.2) is 0 Å². The van der Waals surface area contributed by atoms with Crippen LogP contribution in [0.5, 0.6) is 0 Å². The first-order valence-corrected chi connectivity index (χ1v) is 3.39. The second-order valence-electron chi connectivity index (χ2n) is 1.17. The van der Waals surface area contributed by atoms with Crippen LogP contribution >= 0.6 is 34.2 Å². The smallest absolute Gasteiger partial charge is 0.142 e. The monoisotopic (exact) mass is 240 g/mol. The highest BCUT2D eigenvalue weighted by molar-refractivity contribution is 14.1. The lowest BCUT2D eigenvalue weighted by molar-refractivity contribution is 1.00. The van der Waals surface area contributed by atoms with Crippen LogP contribution in [0.2, 0.25) is 5.02 Å². The molecule has 0 fully saturated rings. The molecule has 0 spiro atoms. The Labute approximate surface area is 65.4 Å². The Morgan fingerprint density at radius 3 is 2.75 bits per heavy atom. The maximum Gasteiger partial charge on any atom is 0.142 e. The summed E-state index contributed by atoms with van der Waals surface area (Å²) in [6.07, 6.45) is 1.56. The van der Waals surface area contributed by atoms with Gasteiger partial charge >= 0.3 is 0 Å². The first-order valence-electron chi connectivity index (χ1n) is 1.93. The standard InChI is InChI=1S/C4H2ClIN2/c5-3-1-2-7-8-4(3)6/h1-2H. The van der Waals surface area contributed by atoms with Gasteiger partial charge in [0.2, 0.25) is 0 Å². The van der Waals surface area contributed by atoms with E-state index in [1.807, 2.05) is 22.6 Å². The maximum atomic E-state index is 5.60. The van der Waals surface area contributed by atoms with E-state index in [0.29, 0.717) is 5.02 Å². The number of nitrogens with zero attached hydrogens (tertiary/aromatic N) is 2. The number of hydrogen-bond donors (Lipinski definition) is 0. The molecular formula is C4H2ClIN2. The number of hydrogen-bond acceptors (Lipinski definition) is 2. The third-order valence-corrected chi connectivity index (χ3v) is 2.05. The van der Waals surface area contributed by atoms with Gasteiger partial charge in [-0.05, 0) is 28.7 Å². The van der Waals surface area contributed by atoms with Crippen LogP contribution in [0, 0.1) is 3.70 Å². The molecule has 4 heteroatoms.